The van der Waals surface area contributed by atoms with Crippen molar-refractivity contribution in [3.8, 4) is 0 Å². The molecule has 0 bridgehead atoms. The average molecular weight is 410 g/mol. The fourth-order valence-corrected chi connectivity index (χ4v) is 1.37. The number of guanidine groups is 2. The van der Waals surface area contributed by atoms with Gasteiger partial charge in [-0.15, -0.1) is 0 Å². The summed E-state index contributed by atoms with van der Waals surface area (Å²) >= 11 is 5.54. The SMILES string of the molecule is Clc1ccccc1.N=C(N)NC(=N)N.O=C(O)C(O)C(O)C(O)C(O)CO. The molecule has 4 unspecified atom stereocenters. The summed E-state index contributed by atoms with van der Waals surface area (Å²) in [5, 5.41) is 67.6. The van der Waals surface area contributed by atoms with Crippen molar-refractivity contribution in [3.05, 3.63) is 35.4 Å². The van der Waals surface area contributed by atoms with Crippen LogP contribution in [-0.4, -0.2) is 79.6 Å². The molecular weight excluding hydrogens is 386 g/mol. The largest absolute Gasteiger partial charge is 0.479 e. The van der Waals surface area contributed by atoms with Crippen molar-refractivity contribution in [2.75, 3.05) is 6.61 Å². The van der Waals surface area contributed by atoms with Gasteiger partial charge >= 0.3 is 5.97 Å². The molecule has 154 valence electrons. The Morgan fingerprint density at radius 3 is 1.70 bits per heavy atom. The van der Waals surface area contributed by atoms with Crippen molar-refractivity contribution < 1.29 is 35.4 Å². The van der Waals surface area contributed by atoms with E-state index >= 15 is 0 Å². The minimum Gasteiger partial charge on any atom is -0.479 e. The minimum atomic E-state index is -2.20. The summed E-state index contributed by atoms with van der Waals surface area (Å²) < 4.78 is 0. The number of carbonyl (C=O) groups is 1. The van der Waals surface area contributed by atoms with Crippen LogP contribution in [0.1, 0.15) is 0 Å². The topological polar surface area (TPSA) is 250 Å². The molecule has 0 amide bonds. The van der Waals surface area contributed by atoms with Crippen LogP contribution in [0.3, 0.4) is 0 Å². The number of halogens is 1. The van der Waals surface area contributed by atoms with Gasteiger partial charge in [0, 0.05) is 5.02 Å². The van der Waals surface area contributed by atoms with Gasteiger partial charge in [-0.05, 0) is 12.1 Å². The fourth-order valence-electron chi connectivity index (χ4n) is 1.23. The highest BCUT2D eigenvalue weighted by atomic mass is 35.5. The Labute approximate surface area is 159 Å². The predicted molar refractivity (Wildman–Crippen MR) is 97.2 cm³/mol. The first-order valence-corrected chi connectivity index (χ1v) is 7.53. The smallest absolute Gasteiger partial charge is 0.335 e. The van der Waals surface area contributed by atoms with E-state index < -0.39 is 37.0 Å². The van der Waals surface area contributed by atoms with Gasteiger partial charge < -0.3 is 42.1 Å². The van der Waals surface area contributed by atoms with Gasteiger partial charge in [0.2, 0.25) is 0 Å². The number of carboxylic acid groups (broad SMARTS) is 1. The van der Waals surface area contributed by atoms with E-state index in [1.54, 1.807) is 0 Å². The van der Waals surface area contributed by atoms with Crippen molar-refractivity contribution >= 4 is 29.5 Å². The second-order valence-electron chi connectivity index (χ2n) is 4.76. The van der Waals surface area contributed by atoms with E-state index in [2.05, 4.69) is 0 Å². The first kappa shape index (κ1) is 26.7. The summed E-state index contributed by atoms with van der Waals surface area (Å²) in [6.07, 6.45) is -7.84. The highest BCUT2D eigenvalue weighted by Gasteiger charge is 2.33. The zero-order valence-corrected chi connectivity index (χ0v) is 14.8. The number of aliphatic hydroxyl groups is 5. The van der Waals surface area contributed by atoms with Crippen LogP contribution < -0.4 is 16.8 Å². The quantitative estimate of drug-likeness (QED) is 0.176. The monoisotopic (exact) mass is 409 g/mol. The number of benzene rings is 1. The summed E-state index contributed by atoms with van der Waals surface area (Å²) in [5.74, 6) is -2.35. The zero-order valence-electron chi connectivity index (χ0n) is 14.0. The molecule has 12 nitrogen and oxygen atoms in total. The molecule has 0 spiro atoms. The number of hydrogen-bond donors (Lipinski definition) is 11. The highest BCUT2D eigenvalue weighted by Crippen LogP contribution is 2.05. The summed E-state index contributed by atoms with van der Waals surface area (Å²) in [5.41, 5.74) is 9.49. The Morgan fingerprint density at radius 1 is 1.04 bits per heavy atom. The van der Waals surface area contributed by atoms with Crippen LogP contribution in [0, 0.1) is 10.8 Å². The summed E-state index contributed by atoms with van der Waals surface area (Å²) in [4.78, 5) is 10.1. The molecule has 0 saturated carbocycles. The van der Waals surface area contributed by atoms with Crippen molar-refractivity contribution in [1.29, 1.82) is 10.8 Å². The molecule has 1 aromatic carbocycles. The molecule has 27 heavy (non-hydrogen) atoms. The molecule has 0 fully saturated rings. The van der Waals surface area contributed by atoms with Gasteiger partial charge in [-0.1, -0.05) is 29.8 Å². The molecule has 0 heterocycles. The fraction of sp³-hybridized carbons (Fsp3) is 0.357. The number of nitrogens with two attached hydrogens (primary N) is 2. The second kappa shape index (κ2) is 14.7. The Kier molecular flexibility index (Phi) is 14.5. The van der Waals surface area contributed by atoms with Gasteiger partial charge in [0.05, 0.1) is 6.61 Å². The van der Waals surface area contributed by atoms with Crippen LogP contribution in [0.25, 0.3) is 0 Å². The Bertz CT molecular complexity index is 566. The predicted octanol–water partition coefficient (Wildman–Crippen LogP) is -2.79. The summed E-state index contributed by atoms with van der Waals surface area (Å²) in [7, 11) is 0. The molecule has 0 aromatic heterocycles. The van der Waals surface area contributed by atoms with Crippen LogP contribution in [-0.2, 0) is 4.79 Å². The number of aliphatic hydroxyl groups excluding tert-OH is 5. The van der Waals surface area contributed by atoms with E-state index in [-0.39, 0.29) is 11.9 Å². The standard InChI is InChI=1S/C6H5Cl.C6H12O7.C2H7N5/c7-6-4-2-1-3-5-6;7-1-2(8)3(9)4(10)5(11)6(12)13;3-1(4)7-2(5)6/h1-5H;2-5,7-11H,1H2,(H,12,13);(H7,3,4,5,6,7). The Morgan fingerprint density at radius 2 is 1.48 bits per heavy atom. The minimum absolute atomic E-state index is 0.312. The van der Waals surface area contributed by atoms with Crippen molar-refractivity contribution in [3.63, 3.8) is 0 Å². The van der Waals surface area contributed by atoms with Gasteiger partial charge in [-0.25, -0.2) is 4.79 Å². The first-order valence-electron chi connectivity index (χ1n) is 7.15. The number of rotatable bonds is 5. The molecule has 0 aliphatic heterocycles. The normalized spacial score (nSPS) is 14.0. The molecule has 4 atom stereocenters. The van der Waals surface area contributed by atoms with Crippen LogP contribution in [0.5, 0.6) is 0 Å². The van der Waals surface area contributed by atoms with E-state index in [9.17, 15) is 4.79 Å². The number of aliphatic carboxylic acids is 1. The summed E-state index contributed by atoms with van der Waals surface area (Å²) in [6, 6.07) is 9.44. The van der Waals surface area contributed by atoms with Gasteiger partial charge in [0.1, 0.15) is 18.3 Å². The molecule has 1 aromatic rings. The molecule has 0 saturated heterocycles. The number of carboxylic acids is 1. The average Bonchev–Trinajstić information content (AvgIpc) is 2.59. The van der Waals surface area contributed by atoms with E-state index in [0.717, 1.165) is 5.02 Å². The molecule has 0 aliphatic rings. The molecule has 0 aliphatic carbocycles. The lowest BCUT2D eigenvalue weighted by atomic mass is 10.0. The van der Waals surface area contributed by atoms with E-state index in [1.807, 2.05) is 35.6 Å². The maximum atomic E-state index is 10.1. The van der Waals surface area contributed by atoms with E-state index in [0.29, 0.717) is 0 Å². The Hall–Kier alpha value is -2.48. The highest BCUT2D eigenvalue weighted by molar-refractivity contribution is 6.30. The third-order valence-corrected chi connectivity index (χ3v) is 2.76. The number of hydrogen-bond acceptors (Lipinski definition) is 8. The first-order chi connectivity index (χ1) is 12.4. The van der Waals surface area contributed by atoms with Crippen LogP contribution in [0.2, 0.25) is 5.02 Å². The van der Waals surface area contributed by atoms with Gasteiger partial charge in [0.25, 0.3) is 0 Å². The lowest BCUT2D eigenvalue weighted by Gasteiger charge is -2.23. The van der Waals surface area contributed by atoms with Gasteiger partial charge in [-0.3, -0.25) is 16.1 Å². The number of nitrogens with one attached hydrogen (secondary N) is 3. The Balaban J connectivity index is 0. The maximum Gasteiger partial charge on any atom is 0.335 e. The van der Waals surface area contributed by atoms with Crippen molar-refractivity contribution in [2.45, 2.75) is 24.4 Å². The lowest BCUT2D eigenvalue weighted by molar-refractivity contribution is -0.164. The molecule has 1 rings (SSSR count). The van der Waals surface area contributed by atoms with Crippen LogP contribution in [0.4, 0.5) is 0 Å². The van der Waals surface area contributed by atoms with Crippen molar-refractivity contribution in [2.24, 2.45) is 11.5 Å². The van der Waals surface area contributed by atoms with Gasteiger partial charge in [0.15, 0.2) is 18.0 Å². The third kappa shape index (κ3) is 14.4. The molecular formula is C14H24ClN5O7. The second-order valence-corrected chi connectivity index (χ2v) is 5.20. The zero-order chi connectivity index (χ0) is 21.6. The van der Waals surface area contributed by atoms with Crippen LogP contribution in [0.15, 0.2) is 30.3 Å². The maximum absolute atomic E-state index is 10.1. The van der Waals surface area contributed by atoms with Crippen LogP contribution >= 0.6 is 11.6 Å². The molecule has 13 N–H and O–H groups in total. The van der Waals surface area contributed by atoms with Crippen molar-refractivity contribution in [1.82, 2.24) is 5.32 Å². The molecule has 0 radical (unpaired) electrons. The summed E-state index contributed by atoms with van der Waals surface area (Å²) in [6.45, 7) is -0.843. The van der Waals surface area contributed by atoms with E-state index in [1.165, 1.54) is 0 Å². The molecule has 13 heteroatoms. The third-order valence-electron chi connectivity index (χ3n) is 2.51. The lowest BCUT2D eigenvalue weighted by Crippen LogP contribution is -2.48. The van der Waals surface area contributed by atoms with Gasteiger partial charge in [-0.2, -0.15) is 0 Å². The van der Waals surface area contributed by atoms with E-state index in [4.69, 9.17) is 64.5 Å².